The quantitative estimate of drug-likeness (QED) is 0.493. The summed E-state index contributed by atoms with van der Waals surface area (Å²) < 4.78 is 44.3. The van der Waals surface area contributed by atoms with Crippen molar-refractivity contribution in [1.29, 1.82) is 0 Å². The van der Waals surface area contributed by atoms with Crippen LogP contribution in [0.5, 0.6) is 5.75 Å². The summed E-state index contributed by atoms with van der Waals surface area (Å²) in [5, 5.41) is 5.79. The van der Waals surface area contributed by atoms with Crippen LogP contribution in [0, 0.1) is 5.82 Å². The van der Waals surface area contributed by atoms with Crippen molar-refractivity contribution < 1.29 is 22.7 Å². The molecule has 0 aliphatic heterocycles. The average molecular weight is 438 g/mol. The SMILES string of the molecule is CC/C(=C/C(C)(C)n1ccnc1NC)CCC(=O)NCc1ccc(F)c(OC(F)F)c1. The number of nitrogens with zero attached hydrogens (tertiary/aromatic N) is 2. The van der Waals surface area contributed by atoms with Crippen LogP contribution < -0.4 is 15.4 Å². The molecule has 0 aliphatic carbocycles. The van der Waals surface area contributed by atoms with E-state index in [4.69, 9.17) is 0 Å². The lowest BCUT2D eigenvalue weighted by molar-refractivity contribution is -0.121. The van der Waals surface area contributed by atoms with Gasteiger partial charge in [0.25, 0.3) is 0 Å². The molecule has 0 spiro atoms. The number of hydrogen-bond donors (Lipinski definition) is 2. The number of amides is 1. The van der Waals surface area contributed by atoms with Gasteiger partial charge >= 0.3 is 6.61 Å². The van der Waals surface area contributed by atoms with Crippen molar-refractivity contribution in [3.05, 3.63) is 53.6 Å². The van der Waals surface area contributed by atoms with Gasteiger partial charge in [0, 0.05) is 32.4 Å². The van der Waals surface area contributed by atoms with Crippen LogP contribution in [0.2, 0.25) is 0 Å². The van der Waals surface area contributed by atoms with Gasteiger partial charge in [0.2, 0.25) is 11.9 Å². The summed E-state index contributed by atoms with van der Waals surface area (Å²) in [4.78, 5) is 16.5. The van der Waals surface area contributed by atoms with Crippen molar-refractivity contribution in [2.24, 2.45) is 0 Å². The maximum absolute atomic E-state index is 13.5. The molecule has 0 bridgehead atoms. The zero-order valence-electron chi connectivity index (χ0n) is 18.2. The minimum absolute atomic E-state index is 0.0932. The molecule has 170 valence electrons. The molecule has 1 aromatic carbocycles. The Balaban J connectivity index is 1.94. The van der Waals surface area contributed by atoms with Gasteiger partial charge in [-0.1, -0.05) is 24.6 Å². The molecule has 1 heterocycles. The van der Waals surface area contributed by atoms with Crippen LogP contribution in [0.3, 0.4) is 0 Å². The molecule has 6 nitrogen and oxygen atoms in total. The molecule has 0 atom stereocenters. The predicted octanol–water partition coefficient (Wildman–Crippen LogP) is 4.83. The molecule has 0 aliphatic rings. The summed E-state index contributed by atoms with van der Waals surface area (Å²) in [5.41, 5.74) is 1.27. The summed E-state index contributed by atoms with van der Waals surface area (Å²) in [6.07, 6.45) is 7.42. The first kappa shape index (κ1) is 24.3. The second-order valence-corrected chi connectivity index (χ2v) is 7.60. The summed E-state index contributed by atoms with van der Waals surface area (Å²) >= 11 is 0. The van der Waals surface area contributed by atoms with E-state index in [-0.39, 0.29) is 24.4 Å². The fraction of sp³-hybridized carbons (Fsp3) is 0.455. The molecule has 0 radical (unpaired) electrons. The maximum Gasteiger partial charge on any atom is 0.387 e. The average Bonchev–Trinajstić information content (AvgIpc) is 3.21. The predicted molar refractivity (Wildman–Crippen MR) is 114 cm³/mol. The van der Waals surface area contributed by atoms with Crippen LogP contribution in [0.15, 0.2) is 42.2 Å². The lowest BCUT2D eigenvalue weighted by Crippen LogP contribution is -2.25. The summed E-state index contributed by atoms with van der Waals surface area (Å²) in [6, 6.07) is 3.61. The number of nitrogens with one attached hydrogen (secondary N) is 2. The van der Waals surface area contributed by atoms with Gasteiger partial charge in [-0.25, -0.2) is 9.37 Å². The Morgan fingerprint density at radius 3 is 2.71 bits per heavy atom. The van der Waals surface area contributed by atoms with E-state index in [0.717, 1.165) is 30.1 Å². The zero-order valence-corrected chi connectivity index (χ0v) is 18.2. The first-order valence-corrected chi connectivity index (χ1v) is 10.1. The van der Waals surface area contributed by atoms with E-state index in [2.05, 4.69) is 40.3 Å². The minimum atomic E-state index is -3.12. The number of halogens is 3. The van der Waals surface area contributed by atoms with Crippen molar-refractivity contribution in [1.82, 2.24) is 14.9 Å². The molecule has 2 N–H and O–H groups in total. The van der Waals surface area contributed by atoms with Crippen molar-refractivity contribution in [2.45, 2.75) is 58.7 Å². The second kappa shape index (κ2) is 10.9. The third-order valence-corrected chi connectivity index (χ3v) is 4.87. The molecule has 0 saturated carbocycles. The number of carbonyl (C=O) groups is 1. The summed E-state index contributed by atoms with van der Waals surface area (Å²) in [7, 11) is 1.81. The molecule has 0 saturated heterocycles. The number of rotatable bonds is 11. The highest BCUT2D eigenvalue weighted by molar-refractivity contribution is 5.76. The Morgan fingerprint density at radius 2 is 2.06 bits per heavy atom. The number of imidazole rings is 1. The van der Waals surface area contributed by atoms with Crippen LogP contribution in [-0.4, -0.2) is 29.1 Å². The largest absolute Gasteiger partial charge is 0.432 e. The van der Waals surface area contributed by atoms with E-state index in [1.807, 2.05) is 24.7 Å². The Labute approximate surface area is 180 Å². The topological polar surface area (TPSA) is 68.2 Å². The fourth-order valence-corrected chi connectivity index (χ4v) is 3.28. The molecule has 1 amide bonds. The van der Waals surface area contributed by atoms with E-state index in [1.54, 1.807) is 6.20 Å². The number of benzene rings is 1. The molecular weight excluding hydrogens is 409 g/mol. The van der Waals surface area contributed by atoms with Gasteiger partial charge < -0.3 is 19.9 Å². The molecule has 0 fully saturated rings. The summed E-state index contributed by atoms with van der Waals surface area (Å²) in [5.74, 6) is -0.851. The van der Waals surface area contributed by atoms with E-state index < -0.39 is 18.2 Å². The maximum atomic E-state index is 13.5. The molecule has 9 heteroatoms. The standard InChI is InChI=1S/C22H29F3N4O2/c1-5-15(13-22(2,3)29-11-10-27-21(29)26-4)7-9-19(30)28-14-16-6-8-17(23)18(12-16)31-20(24)25/h6,8,10-13,20H,5,7,9,14H2,1-4H3,(H,26,27)(H,28,30)/b15-13-. The number of aromatic nitrogens is 2. The molecule has 31 heavy (non-hydrogen) atoms. The molecule has 0 unspecified atom stereocenters. The third kappa shape index (κ3) is 7.04. The Hall–Kier alpha value is -2.97. The highest BCUT2D eigenvalue weighted by atomic mass is 19.3. The lowest BCUT2D eigenvalue weighted by Gasteiger charge is -2.26. The summed E-state index contributed by atoms with van der Waals surface area (Å²) in [6.45, 7) is 3.15. The van der Waals surface area contributed by atoms with Gasteiger partial charge in [0.05, 0.1) is 5.54 Å². The van der Waals surface area contributed by atoms with Crippen LogP contribution in [0.4, 0.5) is 19.1 Å². The van der Waals surface area contributed by atoms with Gasteiger partial charge in [-0.15, -0.1) is 0 Å². The van der Waals surface area contributed by atoms with Crippen LogP contribution in [0.25, 0.3) is 0 Å². The Morgan fingerprint density at radius 1 is 1.32 bits per heavy atom. The number of allylic oxidation sites excluding steroid dienone is 2. The van der Waals surface area contributed by atoms with Gasteiger partial charge in [-0.2, -0.15) is 8.78 Å². The smallest absolute Gasteiger partial charge is 0.387 e. The molecular formula is C22H29F3N4O2. The monoisotopic (exact) mass is 438 g/mol. The van der Waals surface area contributed by atoms with E-state index in [0.29, 0.717) is 12.0 Å². The van der Waals surface area contributed by atoms with Gasteiger partial charge in [0.15, 0.2) is 11.6 Å². The number of anilines is 1. The Bertz CT molecular complexity index is 910. The van der Waals surface area contributed by atoms with Crippen LogP contribution in [-0.2, 0) is 16.9 Å². The van der Waals surface area contributed by atoms with Gasteiger partial charge in [-0.05, 0) is 44.4 Å². The third-order valence-electron chi connectivity index (χ3n) is 4.87. The first-order chi connectivity index (χ1) is 14.7. The van der Waals surface area contributed by atoms with Gasteiger partial charge in [-0.3, -0.25) is 4.79 Å². The molecule has 2 aromatic rings. The van der Waals surface area contributed by atoms with Crippen LogP contribution >= 0.6 is 0 Å². The van der Waals surface area contributed by atoms with Crippen molar-refractivity contribution in [3.63, 3.8) is 0 Å². The van der Waals surface area contributed by atoms with E-state index >= 15 is 0 Å². The second-order valence-electron chi connectivity index (χ2n) is 7.60. The molecule has 1 aromatic heterocycles. The minimum Gasteiger partial charge on any atom is -0.432 e. The number of carbonyl (C=O) groups excluding carboxylic acids is 1. The van der Waals surface area contributed by atoms with E-state index in [1.165, 1.54) is 6.07 Å². The number of hydrogen-bond acceptors (Lipinski definition) is 4. The van der Waals surface area contributed by atoms with Crippen LogP contribution in [0.1, 0.15) is 45.6 Å². The van der Waals surface area contributed by atoms with Crippen molar-refractivity contribution in [2.75, 3.05) is 12.4 Å². The first-order valence-electron chi connectivity index (χ1n) is 10.1. The number of ether oxygens (including phenoxy) is 1. The van der Waals surface area contributed by atoms with Crippen molar-refractivity contribution in [3.8, 4) is 5.75 Å². The van der Waals surface area contributed by atoms with E-state index in [9.17, 15) is 18.0 Å². The highest BCUT2D eigenvalue weighted by Gasteiger charge is 2.21. The molecule has 2 rings (SSSR count). The van der Waals surface area contributed by atoms with Crippen molar-refractivity contribution >= 4 is 11.9 Å². The fourth-order valence-electron chi connectivity index (χ4n) is 3.28. The van der Waals surface area contributed by atoms with Gasteiger partial charge in [0.1, 0.15) is 0 Å². The normalized spacial score (nSPS) is 12.2. The highest BCUT2D eigenvalue weighted by Crippen LogP contribution is 2.26. The lowest BCUT2D eigenvalue weighted by atomic mass is 9.96. The zero-order chi connectivity index (χ0) is 23.0. The Kier molecular flexibility index (Phi) is 8.53. The number of alkyl halides is 2.